The molecule has 5 nitrogen and oxygen atoms in total. The zero-order valence-corrected chi connectivity index (χ0v) is 14.5. The smallest absolute Gasteiger partial charge is 0.301 e. The summed E-state index contributed by atoms with van der Waals surface area (Å²) in [6, 6.07) is 5.93. The molecule has 0 aromatic heterocycles. The number of hydrogen-bond acceptors (Lipinski definition) is 4. The lowest BCUT2D eigenvalue weighted by Crippen LogP contribution is -2.48. The van der Waals surface area contributed by atoms with E-state index in [-0.39, 0.29) is 18.0 Å². The van der Waals surface area contributed by atoms with Gasteiger partial charge >= 0.3 is 6.18 Å². The van der Waals surface area contributed by atoms with E-state index >= 15 is 0 Å². The fourth-order valence-electron chi connectivity index (χ4n) is 2.71. The van der Waals surface area contributed by atoms with Gasteiger partial charge in [-0.25, -0.2) is 8.42 Å². The molecule has 0 amide bonds. The number of benzene rings is 1. The van der Waals surface area contributed by atoms with Crippen molar-refractivity contribution in [3.63, 3.8) is 0 Å². The van der Waals surface area contributed by atoms with Crippen molar-refractivity contribution in [3.05, 3.63) is 29.8 Å². The minimum absolute atomic E-state index is 0.247. The molecule has 0 N–H and O–H groups in total. The number of rotatable bonds is 6. The van der Waals surface area contributed by atoms with Crippen LogP contribution in [0.5, 0.6) is 0 Å². The second-order valence-electron chi connectivity index (χ2n) is 5.89. The van der Waals surface area contributed by atoms with Crippen LogP contribution in [0.2, 0.25) is 0 Å². The summed E-state index contributed by atoms with van der Waals surface area (Å²) in [5.41, 5.74) is -0.968. The Labute approximate surface area is 145 Å². The van der Waals surface area contributed by atoms with Gasteiger partial charge in [0.2, 0.25) is 10.0 Å². The largest absolute Gasteiger partial charge is 0.416 e. The summed E-state index contributed by atoms with van der Waals surface area (Å²) in [6.45, 7) is 2.35. The Kier molecular flexibility index (Phi) is 6.43. The van der Waals surface area contributed by atoms with Crippen molar-refractivity contribution < 1.29 is 21.6 Å². The van der Waals surface area contributed by atoms with Crippen LogP contribution < -0.4 is 0 Å². The number of nitrogens with zero attached hydrogens (tertiary/aromatic N) is 3. The normalized spacial score (nSPS) is 17.4. The van der Waals surface area contributed by atoms with Gasteiger partial charge in [0.15, 0.2) is 0 Å². The molecule has 1 aromatic carbocycles. The van der Waals surface area contributed by atoms with E-state index < -0.39 is 21.8 Å². The molecule has 1 saturated heterocycles. The SMILES string of the molecule is N#CCCCCN1CCN(S(=O)(=O)c2cccc(C(F)(F)F)c2)CC1. The summed E-state index contributed by atoms with van der Waals surface area (Å²) in [6.07, 6.45) is -2.40. The Hall–Kier alpha value is -1.63. The molecule has 138 valence electrons. The van der Waals surface area contributed by atoms with E-state index in [2.05, 4.69) is 11.0 Å². The lowest BCUT2D eigenvalue weighted by Gasteiger charge is -2.34. The van der Waals surface area contributed by atoms with E-state index in [0.29, 0.717) is 25.6 Å². The Morgan fingerprint density at radius 3 is 2.40 bits per heavy atom. The highest BCUT2D eigenvalue weighted by molar-refractivity contribution is 7.89. The molecule has 0 atom stereocenters. The van der Waals surface area contributed by atoms with Gasteiger partial charge in [-0.05, 0) is 37.6 Å². The van der Waals surface area contributed by atoms with Gasteiger partial charge in [-0.1, -0.05) is 6.07 Å². The summed E-state index contributed by atoms with van der Waals surface area (Å²) < 4.78 is 64.7. The molecule has 0 saturated carbocycles. The molecule has 1 fully saturated rings. The Morgan fingerprint density at radius 2 is 1.80 bits per heavy atom. The lowest BCUT2D eigenvalue weighted by molar-refractivity contribution is -0.137. The van der Waals surface area contributed by atoms with Gasteiger partial charge in [0, 0.05) is 32.6 Å². The van der Waals surface area contributed by atoms with Crippen molar-refractivity contribution in [1.82, 2.24) is 9.21 Å². The first-order chi connectivity index (χ1) is 11.7. The fourth-order valence-corrected chi connectivity index (χ4v) is 4.18. The van der Waals surface area contributed by atoms with Crippen molar-refractivity contribution in [2.24, 2.45) is 0 Å². The summed E-state index contributed by atoms with van der Waals surface area (Å²) in [5.74, 6) is 0. The number of piperazine rings is 1. The molecule has 9 heteroatoms. The monoisotopic (exact) mass is 375 g/mol. The van der Waals surface area contributed by atoms with Crippen LogP contribution in [0, 0.1) is 11.3 Å². The van der Waals surface area contributed by atoms with Crippen LogP contribution in [0.25, 0.3) is 0 Å². The van der Waals surface area contributed by atoms with Crippen molar-refractivity contribution in [3.8, 4) is 6.07 Å². The molecule has 0 radical (unpaired) electrons. The first-order valence-corrected chi connectivity index (χ1v) is 9.46. The van der Waals surface area contributed by atoms with Crippen LogP contribution in [0.4, 0.5) is 13.2 Å². The minimum Gasteiger partial charge on any atom is -0.301 e. The van der Waals surface area contributed by atoms with E-state index in [0.717, 1.165) is 31.5 Å². The van der Waals surface area contributed by atoms with Gasteiger partial charge in [-0.15, -0.1) is 0 Å². The van der Waals surface area contributed by atoms with Gasteiger partial charge in [0.1, 0.15) is 0 Å². The third-order valence-electron chi connectivity index (χ3n) is 4.14. The maximum absolute atomic E-state index is 12.8. The highest BCUT2D eigenvalue weighted by Crippen LogP contribution is 2.31. The number of nitriles is 1. The van der Waals surface area contributed by atoms with Crippen molar-refractivity contribution >= 4 is 10.0 Å². The van der Waals surface area contributed by atoms with Crippen LogP contribution >= 0.6 is 0 Å². The average Bonchev–Trinajstić information content (AvgIpc) is 2.58. The van der Waals surface area contributed by atoms with Crippen molar-refractivity contribution in [1.29, 1.82) is 5.26 Å². The Bertz CT molecular complexity index is 721. The predicted octanol–water partition coefficient (Wildman–Crippen LogP) is 2.71. The highest BCUT2D eigenvalue weighted by atomic mass is 32.2. The quantitative estimate of drug-likeness (QED) is 0.717. The molecule has 0 aliphatic carbocycles. The van der Waals surface area contributed by atoms with E-state index in [9.17, 15) is 21.6 Å². The molecule has 0 unspecified atom stereocenters. The van der Waals surface area contributed by atoms with Gasteiger partial charge in [-0.2, -0.15) is 22.7 Å². The van der Waals surface area contributed by atoms with E-state index in [4.69, 9.17) is 5.26 Å². The molecule has 1 aliphatic rings. The van der Waals surface area contributed by atoms with Gasteiger partial charge in [0.25, 0.3) is 0 Å². The lowest BCUT2D eigenvalue weighted by atomic mass is 10.2. The first kappa shape index (κ1) is 19.7. The number of halogens is 3. The summed E-state index contributed by atoms with van der Waals surface area (Å²) >= 11 is 0. The van der Waals surface area contributed by atoms with Gasteiger partial charge in [-0.3, -0.25) is 0 Å². The van der Waals surface area contributed by atoms with Crippen LogP contribution in [-0.2, 0) is 16.2 Å². The standard InChI is InChI=1S/C16H20F3N3O2S/c17-16(18,19)14-5-4-6-15(13-14)25(23,24)22-11-9-21(10-12-22)8-3-1-2-7-20/h4-6,13H,1-3,8-12H2. The van der Waals surface area contributed by atoms with Crippen molar-refractivity contribution in [2.75, 3.05) is 32.7 Å². The third-order valence-corrected chi connectivity index (χ3v) is 6.04. The molecule has 25 heavy (non-hydrogen) atoms. The molecular formula is C16H20F3N3O2S. The number of sulfonamides is 1. The predicted molar refractivity (Wildman–Crippen MR) is 86.1 cm³/mol. The number of hydrogen-bond donors (Lipinski definition) is 0. The van der Waals surface area contributed by atoms with Crippen LogP contribution in [0.3, 0.4) is 0 Å². The second kappa shape index (κ2) is 8.17. The number of unbranched alkanes of at least 4 members (excludes halogenated alkanes) is 2. The van der Waals surface area contributed by atoms with Crippen LogP contribution in [0.1, 0.15) is 24.8 Å². The van der Waals surface area contributed by atoms with Crippen molar-refractivity contribution in [2.45, 2.75) is 30.3 Å². The zero-order valence-electron chi connectivity index (χ0n) is 13.7. The molecule has 2 rings (SSSR count). The van der Waals surface area contributed by atoms with Crippen LogP contribution in [0.15, 0.2) is 29.2 Å². The topological polar surface area (TPSA) is 64.4 Å². The first-order valence-electron chi connectivity index (χ1n) is 8.02. The third kappa shape index (κ3) is 5.17. The maximum atomic E-state index is 12.8. The summed E-state index contributed by atoms with van der Waals surface area (Å²) in [7, 11) is -3.93. The van der Waals surface area contributed by atoms with E-state index in [1.165, 1.54) is 10.4 Å². The molecule has 1 aromatic rings. The van der Waals surface area contributed by atoms with E-state index in [1.807, 2.05) is 0 Å². The Balaban J connectivity index is 1.99. The maximum Gasteiger partial charge on any atom is 0.416 e. The van der Waals surface area contributed by atoms with Gasteiger partial charge in [0.05, 0.1) is 16.5 Å². The van der Waals surface area contributed by atoms with Crippen LogP contribution in [-0.4, -0.2) is 50.3 Å². The van der Waals surface area contributed by atoms with E-state index in [1.54, 1.807) is 0 Å². The molecular weight excluding hydrogens is 355 g/mol. The fraction of sp³-hybridized carbons (Fsp3) is 0.562. The molecule has 1 heterocycles. The molecule has 1 aliphatic heterocycles. The minimum atomic E-state index is -4.58. The second-order valence-corrected chi connectivity index (χ2v) is 7.82. The average molecular weight is 375 g/mol. The summed E-state index contributed by atoms with van der Waals surface area (Å²) in [5, 5.41) is 8.50. The number of alkyl halides is 3. The zero-order chi connectivity index (χ0) is 18.5. The summed E-state index contributed by atoms with van der Waals surface area (Å²) in [4.78, 5) is 1.78. The van der Waals surface area contributed by atoms with Gasteiger partial charge < -0.3 is 4.90 Å². The Morgan fingerprint density at radius 1 is 1.12 bits per heavy atom. The molecule has 0 bridgehead atoms. The highest BCUT2D eigenvalue weighted by Gasteiger charge is 2.33. The molecule has 0 spiro atoms.